The standard InChI is InChI=1S/C27H30ClFN4O4/c1-4-37-26(35)23-22(31(3)27(36)30-24(23)18-9-5-7-11-20(18)28)16-32-13-14-33(17(2)15-32)25(34)19-10-6-8-12-21(19)29/h5-12,17,24H,4,13-16H2,1-3H3,(H,30,36)/t17-,24+/m0/s1. The number of halogens is 2. The number of hydrogen-bond donors (Lipinski definition) is 1. The molecule has 0 aromatic heterocycles. The highest BCUT2D eigenvalue weighted by molar-refractivity contribution is 6.31. The number of hydrogen-bond acceptors (Lipinski definition) is 5. The molecule has 2 heterocycles. The van der Waals surface area contributed by atoms with Gasteiger partial charge in [0.1, 0.15) is 5.82 Å². The zero-order valence-electron chi connectivity index (χ0n) is 21.0. The fraction of sp³-hybridized carbons (Fsp3) is 0.370. The van der Waals surface area contributed by atoms with Gasteiger partial charge in [0.2, 0.25) is 0 Å². The average molecular weight is 529 g/mol. The summed E-state index contributed by atoms with van der Waals surface area (Å²) in [5, 5.41) is 3.29. The van der Waals surface area contributed by atoms with E-state index in [1.165, 1.54) is 17.0 Å². The van der Waals surface area contributed by atoms with Gasteiger partial charge in [-0.2, -0.15) is 0 Å². The van der Waals surface area contributed by atoms with Crippen LogP contribution in [0.25, 0.3) is 0 Å². The molecule has 0 radical (unpaired) electrons. The van der Waals surface area contributed by atoms with Crippen molar-refractivity contribution in [1.82, 2.24) is 20.0 Å². The lowest BCUT2D eigenvalue weighted by Gasteiger charge is -2.42. The molecule has 0 saturated carbocycles. The van der Waals surface area contributed by atoms with Crippen LogP contribution in [0, 0.1) is 5.82 Å². The van der Waals surface area contributed by atoms with Crippen LogP contribution < -0.4 is 5.32 Å². The Morgan fingerprint density at radius 2 is 1.84 bits per heavy atom. The summed E-state index contributed by atoms with van der Waals surface area (Å²) < 4.78 is 19.6. The molecule has 2 aromatic carbocycles. The summed E-state index contributed by atoms with van der Waals surface area (Å²) in [6.07, 6.45) is 0. The smallest absolute Gasteiger partial charge is 0.338 e. The third kappa shape index (κ3) is 5.47. The molecule has 0 spiro atoms. The van der Waals surface area contributed by atoms with Crippen molar-refractivity contribution in [2.24, 2.45) is 0 Å². The second kappa shape index (κ2) is 11.3. The van der Waals surface area contributed by atoms with Crippen molar-refractivity contribution in [2.75, 3.05) is 39.8 Å². The van der Waals surface area contributed by atoms with Gasteiger partial charge in [-0.15, -0.1) is 0 Å². The molecule has 1 N–H and O–H groups in total. The van der Waals surface area contributed by atoms with E-state index in [2.05, 4.69) is 10.2 Å². The first-order chi connectivity index (χ1) is 17.7. The number of benzene rings is 2. The van der Waals surface area contributed by atoms with Crippen LogP contribution >= 0.6 is 11.6 Å². The highest BCUT2D eigenvalue weighted by Gasteiger charge is 2.39. The molecular weight excluding hydrogens is 499 g/mol. The number of piperazine rings is 1. The van der Waals surface area contributed by atoms with Crippen LogP contribution in [0.1, 0.15) is 35.8 Å². The summed E-state index contributed by atoms with van der Waals surface area (Å²) in [5.74, 6) is -1.44. The Balaban J connectivity index is 1.62. The third-order valence-electron chi connectivity index (χ3n) is 6.74. The number of carbonyl (C=O) groups is 3. The summed E-state index contributed by atoms with van der Waals surface area (Å²) in [5.41, 5.74) is 1.46. The van der Waals surface area contributed by atoms with Gasteiger partial charge in [0, 0.05) is 50.0 Å². The summed E-state index contributed by atoms with van der Waals surface area (Å²) in [4.78, 5) is 44.3. The number of ether oxygens (including phenoxy) is 1. The molecule has 2 atom stereocenters. The maximum Gasteiger partial charge on any atom is 0.338 e. The number of likely N-dealkylation sites (N-methyl/N-ethyl adjacent to an activating group) is 1. The maximum absolute atomic E-state index is 14.2. The van der Waals surface area contributed by atoms with Crippen LogP contribution in [0.3, 0.4) is 0 Å². The quantitative estimate of drug-likeness (QED) is 0.576. The lowest BCUT2D eigenvalue weighted by atomic mass is 9.94. The van der Waals surface area contributed by atoms with E-state index < -0.39 is 17.8 Å². The molecule has 3 amide bonds. The van der Waals surface area contributed by atoms with Crippen molar-refractivity contribution in [3.8, 4) is 0 Å². The van der Waals surface area contributed by atoms with E-state index in [0.717, 1.165) is 0 Å². The van der Waals surface area contributed by atoms with Crippen LogP contribution in [0.15, 0.2) is 59.8 Å². The van der Waals surface area contributed by atoms with E-state index in [4.69, 9.17) is 16.3 Å². The molecule has 4 rings (SSSR count). The first kappa shape index (κ1) is 26.6. The van der Waals surface area contributed by atoms with Crippen LogP contribution in [0.4, 0.5) is 9.18 Å². The lowest BCUT2D eigenvalue weighted by Crippen LogP contribution is -2.56. The van der Waals surface area contributed by atoms with Gasteiger partial charge < -0.3 is 15.0 Å². The third-order valence-corrected chi connectivity index (χ3v) is 7.08. The Morgan fingerprint density at radius 3 is 2.51 bits per heavy atom. The molecule has 1 saturated heterocycles. The molecule has 2 aromatic rings. The summed E-state index contributed by atoms with van der Waals surface area (Å²) >= 11 is 6.44. The normalized spacial score (nSPS) is 20.6. The number of nitrogens with one attached hydrogen (secondary N) is 1. The minimum absolute atomic E-state index is 0.0429. The van der Waals surface area contributed by atoms with Gasteiger partial charge in [-0.25, -0.2) is 14.0 Å². The van der Waals surface area contributed by atoms with Gasteiger partial charge in [0.25, 0.3) is 5.91 Å². The maximum atomic E-state index is 14.2. The van der Waals surface area contributed by atoms with Crippen molar-refractivity contribution < 1.29 is 23.5 Å². The van der Waals surface area contributed by atoms with Crippen LogP contribution in [0.5, 0.6) is 0 Å². The van der Waals surface area contributed by atoms with Crippen molar-refractivity contribution in [3.05, 3.63) is 81.8 Å². The number of nitrogens with zero attached hydrogens (tertiary/aromatic N) is 3. The van der Waals surface area contributed by atoms with Gasteiger partial charge >= 0.3 is 12.0 Å². The molecular formula is C27H30ClFN4O4. The first-order valence-corrected chi connectivity index (χ1v) is 12.6. The van der Waals surface area contributed by atoms with E-state index in [-0.39, 0.29) is 36.7 Å². The first-order valence-electron chi connectivity index (χ1n) is 12.2. The van der Waals surface area contributed by atoms with Crippen molar-refractivity contribution >= 4 is 29.5 Å². The van der Waals surface area contributed by atoms with Gasteiger partial charge in [0.15, 0.2) is 0 Å². The molecule has 0 aliphatic carbocycles. The molecule has 10 heteroatoms. The topological polar surface area (TPSA) is 82.2 Å². The predicted octanol–water partition coefficient (Wildman–Crippen LogP) is 3.84. The number of esters is 1. The van der Waals surface area contributed by atoms with Gasteiger partial charge in [0.05, 0.1) is 23.8 Å². The molecule has 8 nitrogen and oxygen atoms in total. The monoisotopic (exact) mass is 528 g/mol. The zero-order chi connectivity index (χ0) is 26.7. The van der Waals surface area contributed by atoms with Crippen LogP contribution in [0.2, 0.25) is 5.02 Å². The highest BCUT2D eigenvalue weighted by Crippen LogP contribution is 2.35. The SMILES string of the molecule is CCOC(=O)C1=C(CN2CCN(C(=O)c3ccccc3F)[C@@H](C)C2)N(C)C(=O)N[C@@H]1c1ccccc1Cl. The number of amides is 3. The number of rotatable bonds is 6. The Labute approximate surface area is 220 Å². The molecule has 2 aliphatic rings. The van der Waals surface area contributed by atoms with Gasteiger partial charge in [-0.1, -0.05) is 41.9 Å². The molecule has 0 bridgehead atoms. The van der Waals surface area contributed by atoms with E-state index in [1.807, 2.05) is 6.92 Å². The molecule has 1 fully saturated rings. The predicted molar refractivity (Wildman–Crippen MR) is 137 cm³/mol. The zero-order valence-corrected chi connectivity index (χ0v) is 21.8. The summed E-state index contributed by atoms with van der Waals surface area (Å²) in [6, 6.07) is 11.6. The van der Waals surface area contributed by atoms with E-state index in [0.29, 0.717) is 41.5 Å². The van der Waals surface area contributed by atoms with E-state index >= 15 is 0 Å². The Bertz CT molecular complexity index is 1240. The Hall–Kier alpha value is -3.43. The largest absolute Gasteiger partial charge is 0.463 e. The average Bonchev–Trinajstić information content (AvgIpc) is 2.87. The number of carbonyl (C=O) groups excluding carboxylic acids is 3. The molecule has 2 aliphatic heterocycles. The molecule has 196 valence electrons. The Kier molecular flexibility index (Phi) is 8.14. The minimum Gasteiger partial charge on any atom is -0.463 e. The van der Waals surface area contributed by atoms with Gasteiger partial charge in [-0.05, 0) is 37.6 Å². The van der Waals surface area contributed by atoms with Crippen LogP contribution in [-0.2, 0) is 9.53 Å². The summed E-state index contributed by atoms with van der Waals surface area (Å²) in [6.45, 7) is 5.42. The number of urea groups is 1. The van der Waals surface area contributed by atoms with Gasteiger partial charge in [-0.3, -0.25) is 14.6 Å². The molecule has 37 heavy (non-hydrogen) atoms. The van der Waals surface area contributed by atoms with E-state index in [1.54, 1.807) is 55.3 Å². The lowest BCUT2D eigenvalue weighted by molar-refractivity contribution is -0.139. The molecule has 0 unspecified atom stereocenters. The second-order valence-corrected chi connectivity index (χ2v) is 9.51. The fourth-order valence-corrected chi connectivity index (χ4v) is 5.06. The highest BCUT2D eigenvalue weighted by atomic mass is 35.5. The van der Waals surface area contributed by atoms with Crippen molar-refractivity contribution in [3.63, 3.8) is 0 Å². The van der Waals surface area contributed by atoms with Crippen LogP contribution in [-0.4, -0.2) is 78.5 Å². The van der Waals surface area contributed by atoms with Crippen molar-refractivity contribution in [1.29, 1.82) is 0 Å². The summed E-state index contributed by atoms with van der Waals surface area (Å²) in [7, 11) is 1.61. The van der Waals surface area contributed by atoms with Crippen molar-refractivity contribution in [2.45, 2.75) is 25.9 Å². The van der Waals surface area contributed by atoms with E-state index in [9.17, 15) is 18.8 Å². The minimum atomic E-state index is -0.771. The Morgan fingerprint density at radius 1 is 1.14 bits per heavy atom. The second-order valence-electron chi connectivity index (χ2n) is 9.11. The fourth-order valence-electron chi connectivity index (χ4n) is 4.82.